The largest absolute Gasteiger partial charge is 0.493 e. The molecule has 6 heteroatoms. The Kier molecular flexibility index (Phi) is 7.21. The van der Waals surface area contributed by atoms with Gasteiger partial charge >= 0.3 is 0 Å². The van der Waals surface area contributed by atoms with Crippen molar-refractivity contribution in [2.24, 2.45) is 0 Å². The van der Waals surface area contributed by atoms with Crippen LogP contribution in [-0.4, -0.2) is 35.2 Å². The van der Waals surface area contributed by atoms with Crippen LogP contribution >= 0.6 is 0 Å². The Hall–Kier alpha value is -3.80. The van der Waals surface area contributed by atoms with Gasteiger partial charge in [0.15, 0.2) is 0 Å². The predicted octanol–water partition coefficient (Wildman–Crippen LogP) is 6.12. The number of imidazole rings is 1. The monoisotopic (exact) mass is 483 g/mol. The first kappa shape index (κ1) is 23.9. The molecule has 1 atom stereocenters. The average Bonchev–Trinajstić information content (AvgIpc) is 3.46. The van der Waals surface area contributed by atoms with Crippen LogP contribution in [-0.2, 0) is 11.3 Å². The van der Waals surface area contributed by atoms with Crippen molar-refractivity contribution in [1.82, 2.24) is 9.55 Å². The molecule has 0 bridgehead atoms. The van der Waals surface area contributed by atoms with Crippen molar-refractivity contribution in [3.8, 4) is 11.5 Å². The van der Waals surface area contributed by atoms with Crippen molar-refractivity contribution >= 4 is 22.6 Å². The molecule has 0 aliphatic carbocycles. The minimum Gasteiger partial charge on any atom is -0.493 e. The molecule has 36 heavy (non-hydrogen) atoms. The number of carbonyl (C=O) groups excluding carboxylic acids is 1. The van der Waals surface area contributed by atoms with Crippen molar-refractivity contribution in [3.63, 3.8) is 0 Å². The van der Waals surface area contributed by atoms with Gasteiger partial charge in [-0.1, -0.05) is 42.5 Å². The number of unbranched alkanes of at least 4 members (excludes halogenated alkanes) is 1. The molecule has 1 aromatic heterocycles. The number of carbonyl (C=O) groups is 1. The summed E-state index contributed by atoms with van der Waals surface area (Å²) in [7, 11) is 0. The maximum atomic E-state index is 13.1. The lowest BCUT2D eigenvalue weighted by Gasteiger charge is -2.20. The number of amides is 1. The SMILES string of the molecule is CCOc1ccccc1N1C[C@@H](c2nc3ccccc3n2CCCCOc2ccccc2C)CC1=O. The van der Waals surface area contributed by atoms with Crippen LogP contribution in [0.3, 0.4) is 0 Å². The van der Waals surface area contributed by atoms with E-state index in [1.165, 1.54) is 0 Å². The van der Waals surface area contributed by atoms with Crippen molar-refractivity contribution in [3.05, 3.63) is 84.2 Å². The van der Waals surface area contributed by atoms with E-state index in [4.69, 9.17) is 14.5 Å². The van der Waals surface area contributed by atoms with Gasteiger partial charge in [0, 0.05) is 25.4 Å². The van der Waals surface area contributed by atoms with Crippen LogP contribution in [0.1, 0.15) is 43.5 Å². The minimum absolute atomic E-state index is 0.0304. The first-order valence-electron chi connectivity index (χ1n) is 12.8. The lowest BCUT2D eigenvalue weighted by atomic mass is 10.1. The second kappa shape index (κ2) is 10.9. The summed E-state index contributed by atoms with van der Waals surface area (Å²) in [4.78, 5) is 20.0. The van der Waals surface area contributed by atoms with Gasteiger partial charge in [0.1, 0.15) is 17.3 Å². The lowest BCUT2D eigenvalue weighted by Crippen LogP contribution is -2.25. The van der Waals surface area contributed by atoms with Crippen molar-refractivity contribution < 1.29 is 14.3 Å². The van der Waals surface area contributed by atoms with Gasteiger partial charge in [0.25, 0.3) is 0 Å². The number of rotatable bonds is 10. The molecule has 0 saturated carbocycles. The topological polar surface area (TPSA) is 56.6 Å². The summed E-state index contributed by atoms with van der Waals surface area (Å²) in [6.07, 6.45) is 2.36. The van der Waals surface area contributed by atoms with Gasteiger partial charge in [-0.15, -0.1) is 0 Å². The van der Waals surface area contributed by atoms with Crippen molar-refractivity contribution in [2.45, 2.75) is 45.6 Å². The highest BCUT2D eigenvalue weighted by molar-refractivity contribution is 5.97. The second-order valence-electron chi connectivity index (χ2n) is 9.24. The Morgan fingerprint density at radius 2 is 1.67 bits per heavy atom. The molecule has 0 spiro atoms. The van der Waals surface area contributed by atoms with E-state index in [2.05, 4.69) is 35.8 Å². The third-order valence-electron chi connectivity index (χ3n) is 6.76. The molecule has 1 aliphatic heterocycles. The van der Waals surface area contributed by atoms with Crippen LogP contribution in [0.15, 0.2) is 72.8 Å². The van der Waals surface area contributed by atoms with Gasteiger partial charge in [0.05, 0.1) is 29.9 Å². The van der Waals surface area contributed by atoms with E-state index in [0.717, 1.165) is 59.0 Å². The fourth-order valence-electron chi connectivity index (χ4n) is 4.98. The Labute approximate surface area is 212 Å². The number of para-hydroxylation sites is 5. The number of hydrogen-bond acceptors (Lipinski definition) is 4. The van der Waals surface area contributed by atoms with Gasteiger partial charge in [-0.3, -0.25) is 4.79 Å². The van der Waals surface area contributed by atoms with Gasteiger partial charge < -0.3 is 18.9 Å². The van der Waals surface area contributed by atoms with Crippen molar-refractivity contribution in [2.75, 3.05) is 24.7 Å². The summed E-state index contributed by atoms with van der Waals surface area (Å²) in [5.41, 5.74) is 4.09. The van der Waals surface area contributed by atoms with Crippen molar-refractivity contribution in [1.29, 1.82) is 0 Å². The molecule has 0 N–H and O–H groups in total. The number of nitrogens with zero attached hydrogens (tertiary/aromatic N) is 3. The summed E-state index contributed by atoms with van der Waals surface area (Å²) in [5, 5.41) is 0. The molecule has 2 heterocycles. The molecule has 1 saturated heterocycles. The van der Waals surface area contributed by atoms with E-state index in [9.17, 15) is 4.79 Å². The van der Waals surface area contributed by atoms with Crippen LogP contribution in [0.4, 0.5) is 5.69 Å². The van der Waals surface area contributed by atoms with Crippen LogP contribution in [0.25, 0.3) is 11.0 Å². The predicted molar refractivity (Wildman–Crippen MR) is 143 cm³/mol. The zero-order valence-electron chi connectivity index (χ0n) is 21.0. The molecule has 186 valence electrons. The Morgan fingerprint density at radius 3 is 2.50 bits per heavy atom. The fraction of sp³-hybridized carbons (Fsp3) is 0.333. The number of anilines is 1. The highest BCUT2D eigenvalue weighted by Crippen LogP contribution is 2.37. The third-order valence-corrected chi connectivity index (χ3v) is 6.76. The highest BCUT2D eigenvalue weighted by Gasteiger charge is 2.35. The maximum absolute atomic E-state index is 13.1. The molecule has 3 aromatic carbocycles. The minimum atomic E-state index is 0.0304. The van der Waals surface area contributed by atoms with Crippen LogP contribution in [0, 0.1) is 6.92 Å². The molecule has 0 radical (unpaired) electrons. The Balaban J connectivity index is 1.31. The van der Waals surface area contributed by atoms with E-state index in [1.54, 1.807) is 0 Å². The Bertz CT molecular complexity index is 1350. The van der Waals surface area contributed by atoms with Gasteiger partial charge in [-0.05, 0) is 62.6 Å². The average molecular weight is 484 g/mol. The van der Waals surface area contributed by atoms with Gasteiger partial charge in [-0.25, -0.2) is 4.98 Å². The molecular weight excluding hydrogens is 450 g/mol. The highest BCUT2D eigenvalue weighted by atomic mass is 16.5. The first-order valence-corrected chi connectivity index (χ1v) is 12.8. The molecule has 6 nitrogen and oxygen atoms in total. The number of fused-ring (bicyclic) bond motifs is 1. The molecule has 1 fully saturated rings. The molecule has 4 aromatic rings. The normalized spacial score (nSPS) is 15.6. The number of benzene rings is 3. The number of ether oxygens (including phenoxy) is 2. The Morgan fingerprint density at radius 1 is 0.917 bits per heavy atom. The standard InChI is InChI=1S/C30H33N3O3/c1-3-35-28-17-9-7-15-26(28)33-21-23(20-29(33)34)30-31-24-13-5-6-14-25(24)32(30)18-10-11-19-36-27-16-8-4-12-22(27)2/h4-9,12-17,23H,3,10-11,18-21H2,1-2H3/t23-/m0/s1. The fourth-order valence-corrected chi connectivity index (χ4v) is 4.98. The smallest absolute Gasteiger partial charge is 0.227 e. The summed E-state index contributed by atoms with van der Waals surface area (Å²) >= 11 is 0. The summed E-state index contributed by atoms with van der Waals surface area (Å²) in [6, 6.07) is 24.1. The zero-order valence-corrected chi connectivity index (χ0v) is 21.0. The van der Waals surface area contributed by atoms with Crippen LogP contribution < -0.4 is 14.4 Å². The first-order chi connectivity index (χ1) is 17.7. The summed E-state index contributed by atoms with van der Waals surface area (Å²) in [6.45, 7) is 6.70. The van der Waals surface area contributed by atoms with Gasteiger partial charge in [-0.2, -0.15) is 0 Å². The van der Waals surface area contributed by atoms with E-state index in [-0.39, 0.29) is 11.8 Å². The van der Waals surface area contributed by atoms with Gasteiger partial charge in [0.2, 0.25) is 5.91 Å². The third kappa shape index (κ3) is 4.94. The van der Waals surface area contributed by atoms with E-state index in [0.29, 0.717) is 26.2 Å². The van der Waals surface area contributed by atoms with E-state index in [1.807, 2.05) is 60.4 Å². The summed E-state index contributed by atoms with van der Waals surface area (Å²) < 4.78 is 14.1. The molecule has 0 unspecified atom stereocenters. The lowest BCUT2D eigenvalue weighted by molar-refractivity contribution is -0.117. The van der Waals surface area contributed by atoms with E-state index < -0.39 is 0 Å². The second-order valence-corrected chi connectivity index (χ2v) is 9.24. The zero-order chi connectivity index (χ0) is 24.9. The van der Waals surface area contributed by atoms with E-state index >= 15 is 0 Å². The summed E-state index contributed by atoms with van der Waals surface area (Å²) in [5.74, 6) is 2.82. The quantitative estimate of drug-likeness (QED) is 0.255. The van der Waals surface area contributed by atoms with Crippen LogP contribution in [0.5, 0.6) is 11.5 Å². The molecular formula is C30H33N3O3. The molecule has 1 aliphatic rings. The maximum Gasteiger partial charge on any atom is 0.227 e. The molecule has 5 rings (SSSR count). The van der Waals surface area contributed by atoms with Crippen LogP contribution in [0.2, 0.25) is 0 Å². The number of hydrogen-bond donors (Lipinski definition) is 0. The number of aromatic nitrogens is 2. The molecule has 1 amide bonds. The number of aryl methyl sites for hydroxylation is 2.